The van der Waals surface area contributed by atoms with E-state index in [9.17, 15) is 24.3 Å². The van der Waals surface area contributed by atoms with Crippen LogP contribution in [-0.4, -0.2) is 73.4 Å². The lowest BCUT2D eigenvalue weighted by Crippen LogP contribution is -2.50. The van der Waals surface area contributed by atoms with Crippen LogP contribution in [0, 0.1) is 0 Å². The highest BCUT2D eigenvalue weighted by Crippen LogP contribution is 2.43. The highest BCUT2D eigenvalue weighted by Gasteiger charge is 2.42. The van der Waals surface area contributed by atoms with Crippen LogP contribution in [0.3, 0.4) is 0 Å². The molecule has 0 bridgehead atoms. The zero-order valence-corrected chi connectivity index (χ0v) is 25.1. The maximum Gasteiger partial charge on any atom is 0.363 e. The fraction of sp³-hybridized carbons (Fsp3) is 0.303. The Morgan fingerprint density at radius 3 is 2.30 bits per heavy atom. The van der Waals surface area contributed by atoms with Crippen molar-refractivity contribution >= 4 is 54.0 Å². The molecule has 5 aliphatic rings. The molecule has 43 heavy (non-hydrogen) atoms. The number of carbonyl (C=O) groups excluding carboxylic acids is 4. The summed E-state index contributed by atoms with van der Waals surface area (Å²) >= 11 is 0. The molecule has 2 aromatic rings. The Balaban J connectivity index is 1.42. The van der Waals surface area contributed by atoms with Crippen LogP contribution in [0.5, 0.6) is 0 Å². The summed E-state index contributed by atoms with van der Waals surface area (Å²) in [6.45, 7) is 8.70. The zero-order valence-electron chi connectivity index (χ0n) is 24.1. The molecule has 0 unspecified atom stereocenters. The number of benzene rings is 2. The summed E-state index contributed by atoms with van der Waals surface area (Å²) in [6.07, 6.45) is 8.69. The van der Waals surface area contributed by atoms with Crippen molar-refractivity contribution in [1.29, 1.82) is 0 Å². The number of hydrogen-bond acceptors (Lipinski definition) is 7. The van der Waals surface area contributed by atoms with E-state index in [1.165, 1.54) is 28.6 Å². The second kappa shape index (κ2) is 10.0. The zero-order chi connectivity index (χ0) is 30.0. The first-order valence-corrected chi connectivity index (χ1v) is 17.7. The SMILES string of the molecule is C[Si]1(C)C2=CC(=[N+]3CCC3)C=CC2=C(c2cc(C(=O)ON3C(=O)CCC3=O)ccc2C(=O)[O-])c2ccc(N3CCC3)cc21. The number of hydrogen-bond donors (Lipinski definition) is 0. The third kappa shape index (κ3) is 4.39. The second-order valence-electron chi connectivity index (χ2n) is 12.1. The number of anilines is 1. The van der Waals surface area contributed by atoms with Crippen molar-refractivity contribution in [1.82, 2.24) is 5.06 Å². The summed E-state index contributed by atoms with van der Waals surface area (Å²) < 4.78 is 2.35. The predicted molar refractivity (Wildman–Crippen MR) is 161 cm³/mol. The molecule has 4 aliphatic heterocycles. The number of carboxylic acid groups (broad SMARTS) is 1. The van der Waals surface area contributed by atoms with E-state index in [-0.39, 0.29) is 24.0 Å². The Morgan fingerprint density at radius 1 is 0.930 bits per heavy atom. The van der Waals surface area contributed by atoms with Gasteiger partial charge in [-0.05, 0) is 69.4 Å². The number of nitrogens with zero attached hydrogens (tertiary/aromatic N) is 3. The van der Waals surface area contributed by atoms with Gasteiger partial charge >= 0.3 is 5.97 Å². The fourth-order valence-electron chi connectivity index (χ4n) is 6.51. The van der Waals surface area contributed by atoms with Gasteiger partial charge in [0.2, 0.25) is 0 Å². The van der Waals surface area contributed by atoms with Crippen LogP contribution in [0.4, 0.5) is 5.69 Å². The van der Waals surface area contributed by atoms with E-state index >= 15 is 0 Å². The molecule has 2 aromatic carbocycles. The summed E-state index contributed by atoms with van der Waals surface area (Å²) in [5, 5.41) is 15.4. The van der Waals surface area contributed by atoms with Crippen LogP contribution >= 0.6 is 0 Å². The van der Waals surface area contributed by atoms with Gasteiger partial charge in [0, 0.05) is 49.3 Å². The number of allylic oxidation sites excluding steroid dienone is 5. The maximum absolute atomic E-state index is 13.2. The van der Waals surface area contributed by atoms with Crippen molar-refractivity contribution in [2.75, 3.05) is 31.1 Å². The molecule has 9 nitrogen and oxygen atoms in total. The summed E-state index contributed by atoms with van der Waals surface area (Å²) in [5.74, 6) is -3.45. The standard InChI is InChI=1S/C33H31N3O6Si/c1-43(2)27-18-21(34-13-3-14-34)6-9-24(27)31(25-10-7-22(19-28(25)43)35-15-4-16-35)26-17-20(5-8-23(26)32(39)40)33(41)42-36-29(37)11-12-30(36)38/h5-10,17-19H,3-4,11-16H2,1-2H3. The van der Waals surface area contributed by atoms with Crippen molar-refractivity contribution in [3.8, 4) is 0 Å². The van der Waals surface area contributed by atoms with Gasteiger partial charge in [-0.3, -0.25) is 9.59 Å². The minimum atomic E-state index is -2.27. The maximum atomic E-state index is 13.2. The van der Waals surface area contributed by atoms with E-state index in [0.717, 1.165) is 61.6 Å². The van der Waals surface area contributed by atoms with E-state index in [1.807, 2.05) is 0 Å². The normalized spacial score (nSPS) is 20.4. The predicted octanol–water partition coefficient (Wildman–Crippen LogP) is 2.10. The summed E-state index contributed by atoms with van der Waals surface area (Å²) in [7, 11) is -2.27. The van der Waals surface area contributed by atoms with E-state index in [0.29, 0.717) is 16.2 Å². The first kappa shape index (κ1) is 27.3. The van der Waals surface area contributed by atoms with Gasteiger partial charge in [0.25, 0.3) is 11.8 Å². The number of carboxylic acids is 1. The minimum Gasteiger partial charge on any atom is -0.545 e. The fourth-order valence-corrected chi connectivity index (χ4v) is 9.58. The molecule has 0 spiro atoms. The number of rotatable bonds is 5. The number of imide groups is 1. The summed E-state index contributed by atoms with van der Waals surface area (Å²) in [5.41, 5.74) is 5.19. The van der Waals surface area contributed by atoms with Crippen LogP contribution in [0.2, 0.25) is 13.1 Å². The van der Waals surface area contributed by atoms with Crippen molar-refractivity contribution in [3.05, 3.63) is 87.6 Å². The first-order chi connectivity index (χ1) is 20.6. The van der Waals surface area contributed by atoms with Gasteiger partial charge in [-0.15, -0.1) is 5.06 Å². The molecule has 0 N–H and O–H groups in total. The quantitative estimate of drug-likeness (QED) is 0.297. The average Bonchev–Trinajstić information content (AvgIpc) is 3.24. The van der Waals surface area contributed by atoms with Gasteiger partial charge in [-0.25, -0.2) is 9.37 Å². The highest BCUT2D eigenvalue weighted by molar-refractivity contribution is 6.98. The second-order valence-corrected chi connectivity index (χ2v) is 16.5. The third-order valence-electron chi connectivity index (χ3n) is 9.26. The van der Waals surface area contributed by atoms with Gasteiger partial charge in [0.15, 0.2) is 5.71 Å². The molecule has 7 rings (SSSR count). The summed E-state index contributed by atoms with van der Waals surface area (Å²) in [4.78, 5) is 57.4. The molecular weight excluding hydrogens is 562 g/mol. The Hall–Kier alpha value is -4.57. The average molecular weight is 594 g/mol. The lowest BCUT2D eigenvalue weighted by atomic mass is 9.86. The van der Waals surface area contributed by atoms with Crippen LogP contribution in [0.15, 0.2) is 65.4 Å². The number of fused-ring (bicyclic) bond motifs is 2. The number of hydroxylamine groups is 2. The molecular formula is C33H31N3O6Si. The van der Waals surface area contributed by atoms with Crippen molar-refractivity contribution in [3.63, 3.8) is 0 Å². The molecule has 2 amide bonds. The number of amides is 2. The Bertz CT molecular complexity index is 1760. The van der Waals surface area contributed by atoms with Crippen molar-refractivity contribution in [2.45, 2.75) is 38.8 Å². The largest absolute Gasteiger partial charge is 0.545 e. The van der Waals surface area contributed by atoms with E-state index in [1.54, 1.807) is 0 Å². The molecule has 3 saturated heterocycles. The first-order valence-electron chi connectivity index (χ1n) is 14.7. The monoisotopic (exact) mass is 593 g/mol. The van der Waals surface area contributed by atoms with Gasteiger partial charge in [0.1, 0.15) is 21.2 Å². The molecule has 0 saturated carbocycles. The Labute approximate surface area is 250 Å². The molecule has 10 heteroatoms. The van der Waals surface area contributed by atoms with Gasteiger partial charge < -0.3 is 19.6 Å². The topological polar surface area (TPSA) is 110 Å². The van der Waals surface area contributed by atoms with Crippen molar-refractivity contribution in [2.24, 2.45) is 0 Å². The molecule has 0 aromatic heterocycles. The van der Waals surface area contributed by atoms with E-state index < -0.39 is 31.8 Å². The highest BCUT2D eigenvalue weighted by atomic mass is 28.3. The van der Waals surface area contributed by atoms with Crippen LogP contribution in [0.25, 0.3) is 5.57 Å². The van der Waals surface area contributed by atoms with E-state index in [4.69, 9.17) is 4.84 Å². The summed E-state index contributed by atoms with van der Waals surface area (Å²) in [6, 6.07) is 10.6. The van der Waals surface area contributed by atoms with Gasteiger partial charge in [-0.2, -0.15) is 0 Å². The third-order valence-corrected chi connectivity index (χ3v) is 12.8. The molecule has 1 aliphatic carbocycles. The van der Waals surface area contributed by atoms with Gasteiger partial charge in [0.05, 0.1) is 18.0 Å². The lowest BCUT2D eigenvalue weighted by Gasteiger charge is -2.40. The number of aromatic carboxylic acids is 1. The Kier molecular flexibility index (Phi) is 6.35. The van der Waals surface area contributed by atoms with Crippen LogP contribution in [-0.2, 0) is 14.4 Å². The molecule has 218 valence electrons. The lowest BCUT2D eigenvalue weighted by molar-refractivity contribution is -0.582. The van der Waals surface area contributed by atoms with Crippen molar-refractivity contribution < 1.29 is 33.7 Å². The minimum absolute atomic E-state index is 0.0228. The Morgan fingerprint density at radius 2 is 1.67 bits per heavy atom. The molecule has 3 fully saturated rings. The van der Waals surface area contributed by atoms with E-state index in [2.05, 4.69) is 59.0 Å². The van der Waals surface area contributed by atoms with Gasteiger partial charge in [-0.1, -0.05) is 25.2 Å². The smallest absolute Gasteiger partial charge is 0.363 e. The number of carbonyl (C=O) groups is 4. The van der Waals surface area contributed by atoms with Crippen LogP contribution < -0.4 is 15.2 Å². The molecule has 4 heterocycles. The molecule has 0 atom stereocenters. The molecule has 0 radical (unpaired) electrons. The van der Waals surface area contributed by atoms with Crippen LogP contribution in [0.1, 0.15) is 57.5 Å².